The fourth-order valence-corrected chi connectivity index (χ4v) is 5.48. The van der Waals surface area contributed by atoms with Gasteiger partial charge in [0.05, 0.1) is 8.78 Å². The molecule has 180 valence electrons. The molecule has 0 aliphatic carbocycles. The molecule has 12 nitrogen and oxygen atoms in total. The lowest BCUT2D eigenvalue weighted by molar-refractivity contribution is -0.129. The highest BCUT2D eigenvalue weighted by Crippen LogP contribution is 2.69. The number of carbonyl (C=O) groups is 2. The Morgan fingerprint density at radius 2 is 1.81 bits per heavy atom. The maximum Gasteiger partial charge on any atom is 0.369 e. The third-order valence-electron chi connectivity index (χ3n) is 5.05. The van der Waals surface area contributed by atoms with E-state index in [2.05, 4.69) is 16.0 Å². The van der Waals surface area contributed by atoms with Crippen LogP contribution in [-0.2, 0) is 25.1 Å². The Hall–Kier alpha value is -1.62. The topological polar surface area (TPSA) is 206 Å². The van der Waals surface area contributed by atoms with Gasteiger partial charge in [-0.15, -0.1) is 0 Å². The molecule has 32 heavy (non-hydrogen) atoms. The van der Waals surface area contributed by atoms with Crippen molar-refractivity contribution in [2.75, 3.05) is 13.1 Å². The van der Waals surface area contributed by atoms with Gasteiger partial charge in [-0.1, -0.05) is 30.3 Å². The van der Waals surface area contributed by atoms with Crippen molar-refractivity contribution in [1.29, 1.82) is 0 Å². The van der Waals surface area contributed by atoms with Crippen LogP contribution in [0.25, 0.3) is 0 Å². The molecule has 1 saturated heterocycles. The highest BCUT2D eigenvalue weighted by Gasteiger charge is 2.58. The van der Waals surface area contributed by atoms with Crippen LogP contribution in [0.15, 0.2) is 30.3 Å². The molecule has 0 bridgehead atoms. The summed E-state index contributed by atoms with van der Waals surface area (Å²) < 4.78 is 38.8. The summed E-state index contributed by atoms with van der Waals surface area (Å²) in [6.45, 7) is 0.314. The van der Waals surface area contributed by atoms with E-state index in [4.69, 9.17) is 2.74 Å². The molecule has 0 aromatic heterocycles. The van der Waals surface area contributed by atoms with Gasteiger partial charge >= 0.3 is 15.2 Å². The fourth-order valence-electron chi connectivity index (χ4n) is 3.22. The third kappa shape index (κ3) is 6.94. The molecule has 1 aromatic rings. The molecule has 1 aliphatic heterocycles. The summed E-state index contributed by atoms with van der Waals surface area (Å²) in [6, 6.07) is 2.71. The minimum Gasteiger partial charge on any atom is -0.368 e. The third-order valence-corrected chi connectivity index (χ3v) is 8.92. The van der Waals surface area contributed by atoms with E-state index in [1.807, 2.05) is 0 Å². The lowest BCUT2D eigenvalue weighted by Gasteiger charge is -2.29. The quantitative estimate of drug-likeness (QED) is 0.143. The summed E-state index contributed by atoms with van der Waals surface area (Å²) in [7, 11) is -11.2. The first-order valence-corrected chi connectivity index (χ1v) is 13.1. The van der Waals surface area contributed by atoms with E-state index in [-0.39, 0.29) is 30.6 Å². The van der Waals surface area contributed by atoms with E-state index in [0.717, 1.165) is 6.42 Å². The maximum absolute atomic E-state index is 12.8. The number of nitrogens with one attached hydrogen (secondary N) is 3. The maximum atomic E-state index is 12.8. The first-order chi connectivity index (χ1) is 15.7. The van der Waals surface area contributed by atoms with Crippen LogP contribution >= 0.6 is 15.2 Å². The number of hydrogen-bond donors (Lipinski definition) is 8. The van der Waals surface area contributed by atoms with E-state index < -0.39 is 57.0 Å². The second-order valence-corrected chi connectivity index (χ2v) is 11.5. The molecule has 0 spiro atoms. The van der Waals surface area contributed by atoms with Crippen molar-refractivity contribution in [2.45, 2.75) is 49.3 Å². The summed E-state index contributed by atoms with van der Waals surface area (Å²) in [6.07, 6.45) is -0.220. The van der Waals surface area contributed by atoms with Crippen molar-refractivity contribution in [2.24, 2.45) is 0 Å². The molecule has 2 rings (SSSR count). The van der Waals surface area contributed by atoms with E-state index >= 15 is 0 Å². The molecule has 1 aromatic carbocycles. The largest absolute Gasteiger partial charge is 0.369 e. The smallest absolute Gasteiger partial charge is 0.368 e. The normalized spacial score (nSPS) is 19.1. The summed E-state index contributed by atoms with van der Waals surface area (Å²) >= 11 is 0. The number of rotatable bonds is 11. The average Bonchev–Trinajstić information content (AvgIpc) is 3.26. The highest BCUT2D eigenvalue weighted by atomic mass is 31.3. The van der Waals surface area contributed by atoms with Crippen LogP contribution in [-0.4, -0.2) is 66.8 Å². The van der Waals surface area contributed by atoms with E-state index in [9.17, 15) is 43.4 Å². The molecule has 2 atom stereocenters. The molecule has 8 N–H and O–H groups in total. The van der Waals surface area contributed by atoms with Gasteiger partial charge in [0.2, 0.25) is 11.8 Å². The van der Waals surface area contributed by atoms with Gasteiger partial charge in [0, 0.05) is 19.4 Å². The molecule has 0 unspecified atom stereocenters. The molecular formula is C18H29N3O9P2. The van der Waals surface area contributed by atoms with Crippen LogP contribution in [0.2, 0.25) is 0 Å². The van der Waals surface area contributed by atoms with E-state index in [1.54, 1.807) is 0 Å². The minimum atomic E-state index is -5.61. The Kier molecular flexibility index (Phi) is 8.09. The predicted molar refractivity (Wildman–Crippen MR) is 114 cm³/mol. The van der Waals surface area contributed by atoms with Crippen LogP contribution in [0.3, 0.4) is 0 Å². The number of aliphatic hydroxyl groups is 1. The zero-order valence-corrected chi connectivity index (χ0v) is 18.9. The average molecular weight is 499 g/mol. The summed E-state index contributed by atoms with van der Waals surface area (Å²) in [4.78, 5) is 62.1. The standard InChI is InChI=1S/C18H29N3O9P2/c22-16(20-11-5-9-18(24,31(25,26)27)32(28,29)30)15(12-13-6-2-1-3-7-13)21-17(23)14-8-4-10-19-14/h1-3,6-7,14-15,19,24H,4-5,8-12H2,(H,20,22)(H,21,23)(H2,25,26,27)(H2,28,29,30)/t14-,15-/m0/s1/i6T,7T,18+2. The second-order valence-electron chi connectivity index (χ2n) is 7.46. The van der Waals surface area contributed by atoms with Crippen LogP contribution < -0.4 is 16.0 Å². The van der Waals surface area contributed by atoms with Crippen LogP contribution in [0.5, 0.6) is 0 Å². The predicted octanol–water partition coefficient (Wildman–Crippen LogP) is -0.636. The van der Waals surface area contributed by atoms with Gasteiger partial charge in [-0.05, 0) is 31.4 Å². The molecule has 14 heteroatoms. The van der Waals surface area contributed by atoms with Crippen molar-refractivity contribution < 1.29 is 46.1 Å². The lowest BCUT2D eigenvalue weighted by atomic mass is 10.0. The van der Waals surface area contributed by atoms with Crippen LogP contribution in [0.1, 0.15) is 34.0 Å². The molecule has 2 amide bonds. The Labute approximate surface area is 187 Å². The van der Waals surface area contributed by atoms with Gasteiger partial charge in [-0.25, -0.2) is 0 Å². The van der Waals surface area contributed by atoms with Crippen molar-refractivity contribution in [1.82, 2.24) is 16.0 Å². The lowest BCUT2D eigenvalue weighted by Crippen LogP contribution is -2.52. The van der Waals surface area contributed by atoms with E-state index in [1.165, 1.54) is 18.2 Å². The van der Waals surface area contributed by atoms with Crippen molar-refractivity contribution in [3.8, 4) is 0 Å². The zero-order chi connectivity index (χ0) is 25.7. The van der Waals surface area contributed by atoms with Gasteiger partial charge < -0.3 is 40.6 Å². The molecule has 1 aliphatic rings. The number of hydrogen-bond acceptors (Lipinski definition) is 6. The van der Waals surface area contributed by atoms with Crippen LogP contribution in [0, 0.1) is 0 Å². The molecule has 1 heterocycles. The van der Waals surface area contributed by atoms with Gasteiger partial charge in [-0.2, -0.15) is 0 Å². The van der Waals surface area contributed by atoms with Gasteiger partial charge in [-0.3, -0.25) is 18.7 Å². The molecule has 0 saturated carbocycles. The number of benzene rings is 1. The van der Waals surface area contributed by atoms with Gasteiger partial charge in [0.1, 0.15) is 6.04 Å². The summed E-state index contributed by atoms with van der Waals surface area (Å²) in [5.74, 6) is -1.17. The minimum absolute atomic E-state index is 0.00638. The monoisotopic (exact) mass is 499 g/mol. The van der Waals surface area contributed by atoms with E-state index in [0.29, 0.717) is 13.0 Å². The highest BCUT2D eigenvalue weighted by molar-refractivity contribution is 7.72. The zero-order valence-electron chi connectivity index (χ0n) is 19.1. The fraction of sp³-hybridized carbons (Fsp3) is 0.556. The first kappa shape index (κ1) is 23.5. The Morgan fingerprint density at radius 1 is 1.19 bits per heavy atom. The molecule has 1 fully saturated rings. The van der Waals surface area contributed by atoms with Crippen molar-refractivity contribution in [3.63, 3.8) is 0 Å². The number of carbonyl (C=O) groups excluding carboxylic acids is 2. The van der Waals surface area contributed by atoms with Crippen molar-refractivity contribution >= 4 is 27.0 Å². The Bertz CT molecular complexity index is 953. The SMILES string of the molecule is [3H]c1cccc([3H])c1C[C@H](NC(=O)[C@@H]1CCCN1)C(=O)NCCC[14C](O)(P(=O)(O)O)P(=O)(O)O. The second kappa shape index (κ2) is 11.0. The summed E-state index contributed by atoms with van der Waals surface area (Å²) in [5.41, 5.74) is 0.222. The first-order valence-electron chi connectivity index (χ1n) is 10.9. The Morgan fingerprint density at radius 3 is 2.34 bits per heavy atom. The van der Waals surface area contributed by atoms with Crippen molar-refractivity contribution in [3.05, 3.63) is 35.8 Å². The van der Waals surface area contributed by atoms with Gasteiger partial charge in [0.15, 0.2) is 0 Å². The summed E-state index contributed by atoms with van der Waals surface area (Å²) in [5, 5.41) is 14.3. The number of amides is 2. The Balaban J connectivity index is 2.09. The van der Waals surface area contributed by atoms with Gasteiger partial charge in [0.25, 0.3) is 5.08 Å². The molecular weight excluding hydrogens is 466 g/mol. The molecule has 0 radical (unpaired) electrons. The van der Waals surface area contributed by atoms with Crippen LogP contribution in [0.4, 0.5) is 0 Å².